The van der Waals surface area contributed by atoms with E-state index in [2.05, 4.69) is 29.6 Å². The molecule has 8 heteroatoms. The van der Waals surface area contributed by atoms with Gasteiger partial charge in [0, 0.05) is 12.6 Å². The Morgan fingerprint density at radius 3 is 2.29 bits per heavy atom. The van der Waals surface area contributed by atoms with Crippen LogP contribution in [-0.4, -0.2) is 47.9 Å². The van der Waals surface area contributed by atoms with Gasteiger partial charge in [0.15, 0.2) is 5.69 Å². The smallest absolute Gasteiger partial charge is 0.272 e. The third kappa shape index (κ3) is 6.54. The molecule has 38 heavy (non-hydrogen) atoms. The van der Waals surface area contributed by atoms with Crippen LogP contribution in [-0.2, 0) is 17.8 Å². The number of ether oxygens (including phenoxy) is 2. The zero-order valence-electron chi connectivity index (χ0n) is 22.7. The molecule has 0 radical (unpaired) electrons. The topological polar surface area (TPSA) is 94.5 Å². The Bertz CT molecular complexity index is 1210. The van der Waals surface area contributed by atoms with Crippen LogP contribution in [0.4, 0.5) is 0 Å². The van der Waals surface area contributed by atoms with E-state index in [0.717, 1.165) is 36.1 Å². The Hall–Kier alpha value is -3.81. The Morgan fingerprint density at radius 1 is 1.03 bits per heavy atom. The second-order valence-corrected chi connectivity index (χ2v) is 10.2. The van der Waals surface area contributed by atoms with Gasteiger partial charge in [-0.15, -0.1) is 0 Å². The second-order valence-electron chi connectivity index (χ2n) is 10.2. The predicted octanol–water partition coefficient (Wildman–Crippen LogP) is 4.62. The fourth-order valence-corrected chi connectivity index (χ4v) is 4.63. The summed E-state index contributed by atoms with van der Waals surface area (Å²) in [5.41, 5.74) is 2.82. The number of methoxy groups -OCH3 is 2. The molecule has 2 aromatic carbocycles. The van der Waals surface area contributed by atoms with Crippen molar-refractivity contribution in [3.8, 4) is 22.8 Å². The maximum atomic E-state index is 13.5. The summed E-state index contributed by atoms with van der Waals surface area (Å²) in [4.78, 5) is 26.7. The van der Waals surface area contributed by atoms with Crippen molar-refractivity contribution >= 4 is 11.8 Å². The summed E-state index contributed by atoms with van der Waals surface area (Å²) >= 11 is 0. The molecule has 1 aliphatic carbocycles. The van der Waals surface area contributed by atoms with Crippen LogP contribution in [0.5, 0.6) is 11.5 Å². The van der Waals surface area contributed by atoms with E-state index < -0.39 is 6.04 Å². The first kappa shape index (κ1) is 27.2. The number of nitrogens with one attached hydrogen (secondary N) is 2. The molecule has 1 heterocycles. The quantitative estimate of drug-likeness (QED) is 0.365. The highest BCUT2D eigenvalue weighted by molar-refractivity contribution is 5.97. The molecule has 3 aromatic rings. The number of nitrogens with zero attached hydrogens (tertiary/aromatic N) is 2. The molecule has 2 N–H and O–H groups in total. The van der Waals surface area contributed by atoms with Crippen molar-refractivity contribution in [2.45, 2.75) is 64.6 Å². The van der Waals surface area contributed by atoms with Gasteiger partial charge in [-0.1, -0.05) is 50.2 Å². The maximum Gasteiger partial charge on any atom is 0.272 e. The van der Waals surface area contributed by atoms with Crippen LogP contribution < -0.4 is 20.1 Å². The van der Waals surface area contributed by atoms with Crippen LogP contribution in [0.15, 0.2) is 54.6 Å². The van der Waals surface area contributed by atoms with E-state index in [1.165, 1.54) is 0 Å². The SMILES string of the molecule is COc1cccc(OC)c1-c1cc(C(=O)N[C@@H](CCc2ccccc2)C(=O)NC2CCC2)nn1CC(C)C. The van der Waals surface area contributed by atoms with Gasteiger partial charge >= 0.3 is 0 Å². The minimum atomic E-state index is -0.664. The van der Waals surface area contributed by atoms with E-state index in [0.29, 0.717) is 30.9 Å². The van der Waals surface area contributed by atoms with Gasteiger partial charge in [-0.25, -0.2) is 0 Å². The molecule has 1 aliphatic rings. The molecule has 0 saturated heterocycles. The Kier molecular flexibility index (Phi) is 9.05. The van der Waals surface area contributed by atoms with Crippen molar-refractivity contribution in [2.75, 3.05) is 14.2 Å². The number of hydrogen-bond acceptors (Lipinski definition) is 5. The van der Waals surface area contributed by atoms with Crippen molar-refractivity contribution in [3.63, 3.8) is 0 Å². The minimum absolute atomic E-state index is 0.146. The van der Waals surface area contributed by atoms with Crippen molar-refractivity contribution in [1.82, 2.24) is 20.4 Å². The lowest BCUT2D eigenvalue weighted by molar-refractivity contribution is -0.124. The van der Waals surface area contributed by atoms with Crippen LogP contribution >= 0.6 is 0 Å². The van der Waals surface area contributed by atoms with Crippen LogP contribution in [0.2, 0.25) is 0 Å². The molecule has 8 nitrogen and oxygen atoms in total. The molecule has 1 aromatic heterocycles. The van der Waals surface area contributed by atoms with Crippen molar-refractivity contribution < 1.29 is 19.1 Å². The summed E-state index contributed by atoms with van der Waals surface area (Å²) in [6.07, 6.45) is 4.25. The number of aromatic nitrogens is 2. The number of carbonyl (C=O) groups excluding carboxylic acids is 2. The highest BCUT2D eigenvalue weighted by Crippen LogP contribution is 2.38. The fourth-order valence-electron chi connectivity index (χ4n) is 4.63. The predicted molar refractivity (Wildman–Crippen MR) is 147 cm³/mol. The van der Waals surface area contributed by atoms with Gasteiger partial charge in [0.2, 0.25) is 5.91 Å². The zero-order chi connectivity index (χ0) is 27.1. The van der Waals surface area contributed by atoms with E-state index in [1.54, 1.807) is 20.3 Å². The number of hydrogen-bond donors (Lipinski definition) is 2. The van der Waals surface area contributed by atoms with E-state index in [4.69, 9.17) is 9.47 Å². The van der Waals surface area contributed by atoms with E-state index in [1.807, 2.05) is 53.2 Å². The molecule has 2 amide bonds. The third-order valence-corrected chi connectivity index (χ3v) is 6.87. The Morgan fingerprint density at radius 2 is 1.71 bits per heavy atom. The average molecular weight is 519 g/mol. The lowest BCUT2D eigenvalue weighted by atomic mass is 9.92. The fraction of sp³-hybridized carbons (Fsp3) is 0.433. The largest absolute Gasteiger partial charge is 0.496 e. The number of rotatable bonds is 12. The number of benzene rings is 2. The monoisotopic (exact) mass is 518 g/mol. The van der Waals surface area contributed by atoms with Gasteiger partial charge in [-0.05, 0) is 61.8 Å². The number of aryl methyl sites for hydroxylation is 1. The lowest BCUT2D eigenvalue weighted by Crippen LogP contribution is -2.51. The standard InChI is InChI=1S/C30H38N4O4/c1-20(2)19-34-25(28-26(37-3)14-9-15-27(28)38-4)18-24(33-34)30(36)32-23(29(35)31-22-12-8-13-22)17-16-21-10-6-5-7-11-21/h5-7,9-11,14-15,18,20,22-23H,8,12-13,16-17,19H2,1-4H3,(H,31,35)(H,32,36)/t23-/m0/s1. The molecular formula is C30H38N4O4. The van der Waals surface area contributed by atoms with Gasteiger partial charge in [-0.3, -0.25) is 14.3 Å². The molecule has 1 saturated carbocycles. The molecule has 1 atom stereocenters. The van der Waals surface area contributed by atoms with Crippen LogP contribution in [0.25, 0.3) is 11.3 Å². The van der Waals surface area contributed by atoms with Gasteiger partial charge in [0.1, 0.15) is 17.5 Å². The second kappa shape index (κ2) is 12.6. The van der Waals surface area contributed by atoms with E-state index in [9.17, 15) is 9.59 Å². The van der Waals surface area contributed by atoms with Gasteiger partial charge < -0.3 is 20.1 Å². The lowest BCUT2D eigenvalue weighted by Gasteiger charge is -2.29. The van der Waals surface area contributed by atoms with E-state index in [-0.39, 0.29) is 29.5 Å². The number of amides is 2. The summed E-state index contributed by atoms with van der Waals surface area (Å²) in [6, 6.07) is 16.8. The summed E-state index contributed by atoms with van der Waals surface area (Å²) in [6.45, 7) is 4.79. The van der Waals surface area contributed by atoms with E-state index >= 15 is 0 Å². The molecule has 4 rings (SSSR count). The molecule has 202 valence electrons. The Balaban J connectivity index is 1.61. The van der Waals surface area contributed by atoms with Crippen LogP contribution in [0.3, 0.4) is 0 Å². The highest BCUT2D eigenvalue weighted by Gasteiger charge is 2.28. The summed E-state index contributed by atoms with van der Waals surface area (Å²) in [5.74, 6) is 1.01. The Labute approximate surface area is 224 Å². The van der Waals surface area contributed by atoms with Crippen molar-refractivity contribution in [2.24, 2.45) is 5.92 Å². The molecule has 0 unspecified atom stereocenters. The summed E-state index contributed by atoms with van der Waals surface area (Å²) in [5, 5.41) is 10.7. The van der Waals surface area contributed by atoms with Crippen molar-refractivity contribution in [1.29, 1.82) is 0 Å². The first-order valence-corrected chi connectivity index (χ1v) is 13.3. The maximum absolute atomic E-state index is 13.5. The van der Waals surface area contributed by atoms with Gasteiger partial charge in [0.25, 0.3) is 5.91 Å². The molecule has 0 aliphatic heterocycles. The van der Waals surface area contributed by atoms with Gasteiger partial charge in [0.05, 0.1) is 25.5 Å². The molecule has 0 bridgehead atoms. The first-order valence-electron chi connectivity index (χ1n) is 13.3. The highest BCUT2D eigenvalue weighted by atomic mass is 16.5. The number of carbonyl (C=O) groups is 2. The average Bonchev–Trinajstić information content (AvgIpc) is 3.31. The minimum Gasteiger partial charge on any atom is -0.496 e. The van der Waals surface area contributed by atoms with Gasteiger partial charge in [-0.2, -0.15) is 5.10 Å². The summed E-state index contributed by atoms with van der Waals surface area (Å²) in [7, 11) is 3.21. The molecular weight excluding hydrogens is 480 g/mol. The van der Waals surface area contributed by atoms with Crippen molar-refractivity contribution in [3.05, 3.63) is 65.9 Å². The molecule has 0 spiro atoms. The normalized spacial score (nSPS) is 14.0. The van der Waals surface area contributed by atoms with Crippen LogP contribution in [0, 0.1) is 5.92 Å². The third-order valence-electron chi connectivity index (χ3n) is 6.87. The molecule has 1 fully saturated rings. The first-order chi connectivity index (χ1) is 18.4. The summed E-state index contributed by atoms with van der Waals surface area (Å²) < 4.78 is 13.1. The zero-order valence-corrected chi connectivity index (χ0v) is 22.7. The van der Waals surface area contributed by atoms with Crippen LogP contribution in [0.1, 0.15) is 55.6 Å².